The third-order valence-electron chi connectivity index (χ3n) is 8.04. The van der Waals surface area contributed by atoms with Crippen LogP contribution in [0.25, 0.3) is 0 Å². The molecule has 4 fully saturated rings. The van der Waals surface area contributed by atoms with Crippen molar-refractivity contribution in [3.05, 3.63) is 0 Å². The Morgan fingerprint density at radius 3 is 2.08 bits per heavy atom. The molecule has 25 heavy (non-hydrogen) atoms. The topological polar surface area (TPSA) is 9.72 Å². The number of hydrogen-bond donors (Lipinski definition) is 0. The molecule has 0 aromatic carbocycles. The summed E-state index contributed by atoms with van der Waals surface area (Å²) < 4.78 is 0. The fourth-order valence-electron chi connectivity index (χ4n) is 5.97. The summed E-state index contributed by atoms with van der Waals surface area (Å²) in [5, 5.41) is 0. The van der Waals surface area contributed by atoms with Gasteiger partial charge < -0.3 is 9.80 Å². The van der Waals surface area contributed by atoms with Gasteiger partial charge in [-0.15, -0.1) is 0 Å². The van der Waals surface area contributed by atoms with Gasteiger partial charge in [-0.25, -0.2) is 0 Å². The Balaban J connectivity index is 1.18. The lowest BCUT2D eigenvalue weighted by atomic mass is 9.71. The number of hydrogen-bond acceptors (Lipinski definition) is 3. The van der Waals surface area contributed by atoms with E-state index in [1.165, 1.54) is 97.2 Å². The predicted molar refractivity (Wildman–Crippen MR) is 106 cm³/mol. The van der Waals surface area contributed by atoms with E-state index >= 15 is 0 Å². The molecule has 144 valence electrons. The lowest BCUT2D eigenvalue weighted by molar-refractivity contribution is -0.0720. The maximum absolute atomic E-state index is 2.86. The van der Waals surface area contributed by atoms with E-state index in [0.717, 1.165) is 17.5 Å². The van der Waals surface area contributed by atoms with Crippen LogP contribution in [0.4, 0.5) is 0 Å². The molecule has 3 heteroatoms. The highest BCUT2D eigenvalue weighted by atomic mass is 15.3. The first kappa shape index (κ1) is 18.3. The van der Waals surface area contributed by atoms with Crippen molar-refractivity contribution in [2.24, 2.45) is 10.8 Å². The van der Waals surface area contributed by atoms with E-state index in [-0.39, 0.29) is 0 Å². The van der Waals surface area contributed by atoms with Crippen LogP contribution in [0, 0.1) is 10.8 Å². The number of rotatable bonds is 6. The van der Waals surface area contributed by atoms with E-state index < -0.39 is 0 Å². The Hall–Kier alpha value is -0.120. The summed E-state index contributed by atoms with van der Waals surface area (Å²) in [5.41, 5.74) is 1.44. The fraction of sp³-hybridized carbons (Fsp3) is 1.00. The molecule has 0 aromatic rings. The lowest BCUT2D eigenvalue weighted by Crippen LogP contribution is -2.63. The molecule has 0 unspecified atom stereocenters. The maximum atomic E-state index is 2.86. The van der Waals surface area contributed by atoms with Gasteiger partial charge in [0, 0.05) is 31.7 Å². The van der Waals surface area contributed by atoms with E-state index in [4.69, 9.17) is 0 Å². The first-order valence-electron chi connectivity index (χ1n) is 11.2. The molecule has 4 rings (SSSR count). The monoisotopic (exact) mass is 347 g/mol. The fourth-order valence-corrected chi connectivity index (χ4v) is 5.97. The summed E-state index contributed by atoms with van der Waals surface area (Å²) in [6, 6.07) is 1.63. The van der Waals surface area contributed by atoms with E-state index in [2.05, 4.69) is 35.5 Å². The van der Waals surface area contributed by atoms with Crippen LogP contribution < -0.4 is 0 Å². The molecular formula is C22H41N3. The second kappa shape index (κ2) is 7.13. The molecule has 0 amide bonds. The summed E-state index contributed by atoms with van der Waals surface area (Å²) in [7, 11) is 0. The summed E-state index contributed by atoms with van der Waals surface area (Å²) >= 11 is 0. The van der Waals surface area contributed by atoms with Crippen LogP contribution in [-0.2, 0) is 0 Å². The largest absolute Gasteiger partial charge is 0.303 e. The first-order valence-corrected chi connectivity index (χ1v) is 11.2. The van der Waals surface area contributed by atoms with Crippen molar-refractivity contribution in [3.8, 4) is 0 Å². The molecule has 0 radical (unpaired) electrons. The van der Waals surface area contributed by atoms with Gasteiger partial charge in [0.2, 0.25) is 0 Å². The van der Waals surface area contributed by atoms with Gasteiger partial charge in [-0.05, 0) is 95.8 Å². The Bertz CT molecular complexity index is 432. The van der Waals surface area contributed by atoms with Gasteiger partial charge in [-0.2, -0.15) is 0 Å². The molecule has 3 saturated heterocycles. The van der Waals surface area contributed by atoms with Crippen molar-refractivity contribution in [2.45, 2.75) is 84.2 Å². The molecular weight excluding hydrogens is 306 g/mol. The minimum absolute atomic E-state index is 0.694. The van der Waals surface area contributed by atoms with Gasteiger partial charge >= 0.3 is 0 Å². The summed E-state index contributed by atoms with van der Waals surface area (Å²) in [5.74, 6) is 0. The van der Waals surface area contributed by atoms with Crippen molar-refractivity contribution in [1.82, 2.24) is 14.7 Å². The minimum Gasteiger partial charge on any atom is -0.303 e. The average Bonchev–Trinajstić information content (AvgIpc) is 3.33. The zero-order valence-corrected chi connectivity index (χ0v) is 17.1. The molecule has 0 atom stereocenters. The van der Waals surface area contributed by atoms with Crippen molar-refractivity contribution in [1.29, 1.82) is 0 Å². The predicted octanol–water partition coefficient (Wildman–Crippen LogP) is 3.84. The van der Waals surface area contributed by atoms with Gasteiger partial charge in [0.05, 0.1) is 0 Å². The van der Waals surface area contributed by atoms with Gasteiger partial charge in [-0.3, -0.25) is 4.90 Å². The van der Waals surface area contributed by atoms with Crippen LogP contribution in [0.5, 0.6) is 0 Å². The molecule has 1 aliphatic carbocycles. The van der Waals surface area contributed by atoms with Crippen LogP contribution in [0.2, 0.25) is 0 Å². The van der Waals surface area contributed by atoms with Crippen molar-refractivity contribution in [2.75, 3.05) is 45.8 Å². The van der Waals surface area contributed by atoms with Crippen LogP contribution >= 0.6 is 0 Å². The van der Waals surface area contributed by atoms with Gasteiger partial charge in [0.1, 0.15) is 0 Å². The summed E-state index contributed by atoms with van der Waals surface area (Å²) in [6.07, 6.45) is 11.6. The number of likely N-dealkylation sites (tertiary alicyclic amines) is 3. The van der Waals surface area contributed by atoms with Gasteiger partial charge in [0.15, 0.2) is 0 Å². The highest BCUT2D eigenvalue weighted by molar-refractivity contribution is 5.00. The minimum atomic E-state index is 0.694. The molecule has 1 saturated carbocycles. The highest BCUT2D eigenvalue weighted by Crippen LogP contribution is 2.50. The number of nitrogens with zero attached hydrogens (tertiary/aromatic N) is 3. The van der Waals surface area contributed by atoms with Crippen molar-refractivity contribution >= 4 is 0 Å². The molecule has 3 heterocycles. The van der Waals surface area contributed by atoms with E-state index in [9.17, 15) is 0 Å². The SMILES string of the molecule is CCCC1(CN2CCC(N3CCC4(CC3)CN(C(C)C)C4)CC2)CC1. The van der Waals surface area contributed by atoms with Crippen LogP contribution in [0.15, 0.2) is 0 Å². The van der Waals surface area contributed by atoms with Crippen LogP contribution in [0.1, 0.15) is 72.1 Å². The zero-order chi connectivity index (χ0) is 17.5. The molecule has 3 aliphatic heterocycles. The lowest BCUT2D eigenvalue weighted by Gasteiger charge is -2.56. The van der Waals surface area contributed by atoms with E-state index in [0.29, 0.717) is 5.41 Å². The Kier molecular flexibility index (Phi) is 5.20. The third-order valence-corrected chi connectivity index (χ3v) is 8.04. The van der Waals surface area contributed by atoms with Crippen molar-refractivity contribution in [3.63, 3.8) is 0 Å². The van der Waals surface area contributed by atoms with E-state index in [1.807, 2.05) is 0 Å². The molecule has 0 bridgehead atoms. The highest BCUT2D eigenvalue weighted by Gasteiger charge is 2.46. The van der Waals surface area contributed by atoms with E-state index in [1.54, 1.807) is 0 Å². The average molecular weight is 348 g/mol. The summed E-state index contributed by atoms with van der Waals surface area (Å²) in [4.78, 5) is 8.33. The Morgan fingerprint density at radius 1 is 0.920 bits per heavy atom. The smallest absolute Gasteiger partial charge is 0.0120 e. The third kappa shape index (κ3) is 3.94. The molecule has 1 spiro atoms. The van der Waals surface area contributed by atoms with Crippen molar-refractivity contribution < 1.29 is 0 Å². The Labute approximate surface area is 156 Å². The second-order valence-electron chi connectivity index (χ2n) is 10.3. The first-order chi connectivity index (χ1) is 12.0. The van der Waals surface area contributed by atoms with Crippen LogP contribution in [-0.4, -0.2) is 72.6 Å². The Morgan fingerprint density at radius 2 is 1.56 bits per heavy atom. The molecule has 0 aromatic heterocycles. The maximum Gasteiger partial charge on any atom is 0.0120 e. The van der Waals surface area contributed by atoms with Gasteiger partial charge in [0.25, 0.3) is 0 Å². The summed E-state index contributed by atoms with van der Waals surface area (Å²) in [6.45, 7) is 16.7. The molecule has 4 aliphatic rings. The standard InChI is InChI=1S/C22H41N3/c1-4-7-21(8-9-21)16-23-12-5-20(6-13-23)24-14-10-22(11-15-24)17-25(18-22)19(2)3/h19-20H,4-18H2,1-3H3. The quantitative estimate of drug-likeness (QED) is 0.723. The molecule has 0 N–H and O–H groups in total. The zero-order valence-electron chi connectivity index (χ0n) is 17.1. The van der Waals surface area contributed by atoms with Gasteiger partial charge in [-0.1, -0.05) is 13.3 Å². The number of piperidine rings is 2. The second-order valence-corrected chi connectivity index (χ2v) is 10.3. The van der Waals surface area contributed by atoms with Crippen LogP contribution in [0.3, 0.4) is 0 Å². The normalized spacial score (nSPS) is 30.7. The molecule has 3 nitrogen and oxygen atoms in total.